The van der Waals surface area contributed by atoms with Crippen LogP contribution in [0.4, 0.5) is 4.79 Å². The molecule has 6 nitrogen and oxygen atoms in total. The molecule has 0 aliphatic carbocycles. The average molecular weight is 266 g/mol. The third kappa shape index (κ3) is 4.79. The highest BCUT2D eigenvalue weighted by molar-refractivity contribution is 5.95. The van der Waals surface area contributed by atoms with Crippen LogP contribution in [-0.4, -0.2) is 24.7 Å². The molecule has 0 saturated heterocycles. The van der Waals surface area contributed by atoms with Crippen molar-refractivity contribution in [2.45, 2.75) is 20.8 Å². The van der Waals surface area contributed by atoms with Gasteiger partial charge in [-0.25, -0.2) is 9.59 Å². The number of esters is 2. The van der Waals surface area contributed by atoms with E-state index in [1.165, 1.54) is 19.1 Å². The first-order valence-electron chi connectivity index (χ1n) is 5.61. The van der Waals surface area contributed by atoms with Crippen molar-refractivity contribution in [2.24, 2.45) is 0 Å². The van der Waals surface area contributed by atoms with Crippen molar-refractivity contribution in [3.63, 3.8) is 0 Å². The summed E-state index contributed by atoms with van der Waals surface area (Å²) in [6, 6.07) is 4.41. The maximum Gasteiger partial charge on any atom is 0.516 e. The lowest BCUT2D eigenvalue weighted by Gasteiger charge is -2.06. The largest absolute Gasteiger partial charge is 0.516 e. The van der Waals surface area contributed by atoms with Gasteiger partial charge < -0.3 is 14.2 Å². The normalized spacial score (nSPS) is 9.63. The minimum atomic E-state index is -1.07. The highest BCUT2D eigenvalue weighted by atomic mass is 16.7. The van der Waals surface area contributed by atoms with Gasteiger partial charge in [-0.05, 0) is 37.6 Å². The first-order chi connectivity index (χ1) is 8.92. The molecule has 6 heteroatoms. The summed E-state index contributed by atoms with van der Waals surface area (Å²) in [6.45, 7) is 4.67. The molecule has 1 rings (SSSR count). The molecule has 0 heterocycles. The standard InChI is InChI=1S/C13H14O6/c1-4-17-13(16)19-12(15)10-5-8(2)6-11(7-10)18-9(3)14/h5-7H,4H2,1-3H3. The van der Waals surface area contributed by atoms with E-state index in [-0.39, 0.29) is 17.9 Å². The van der Waals surface area contributed by atoms with Gasteiger partial charge in [0.1, 0.15) is 5.75 Å². The minimum absolute atomic E-state index is 0.101. The molecule has 0 bridgehead atoms. The molecule has 0 aliphatic heterocycles. The average Bonchev–Trinajstić information content (AvgIpc) is 2.27. The number of carbonyl (C=O) groups excluding carboxylic acids is 3. The Morgan fingerprint density at radius 1 is 1.16 bits per heavy atom. The highest BCUT2D eigenvalue weighted by Crippen LogP contribution is 2.18. The van der Waals surface area contributed by atoms with Gasteiger partial charge in [0.15, 0.2) is 0 Å². The Balaban J connectivity index is 2.87. The second-order valence-electron chi connectivity index (χ2n) is 3.70. The number of ether oxygens (including phenoxy) is 3. The zero-order valence-electron chi connectivity index (χ0n) is 10.9. The topological polar surface area (TPSA) is 78.9 Å². The van der Waals surface area contributed by atoms with E-state index in [9.17, 15) is 14.4 Å². The number of rotatable bonds is 3. The Bertz CT molecular complexity index is 506. The van der Waals surface area contributed by atoms with Crippen molar-refractivity contribution in [1.82, 2.24) is 0 Å². The van der Waals surface area contributed by atoms with Crippen LogP contribution in [0.2, 0.25) is 0 Å². The molecular weight excluding hydrogens is 252 g/mol. The zero-order chi connectivity index (χ0) is 14.4. The van der Waals surface area contributed by atoms with Gasteiger partial charge in [0.05, 0.1) is 12.2 Å². The third-order valence-electron chi connectivity index (χ3n) is 1.99. The summed E-state index contributed by atoms with van der Waals surface area (Å²) in [7, 11) is 0. The van der Waals surface area contributed by atoms with E-state index in [2.05, 4.69) is 9.47 Å². The molecule has 0 aromatic heterocycles. The van der Waals surface area contributed by atoms with Gasteiger partial charge in [0, 0.05) is 6.92 Å². The second-order valence-corrected chi connectivity index (χ2v) is 3.70. The molecule has 0 unspecified atom stereocenters. The van der Waals surface area contributed by atoms with Crippen molar-refractivity contribution in [2.75, 3.05) is 6.61 Å². The Hall–Kier alpha value is -2.37. The van der Waals surface area contributed by atoms with E-state index >= 15 is 0 Å². The van der Waals surface area contributed by atoms with E-state index < -0.39 is 18.1 Å². The quantitative estimate of drug-likeness (QED) is 0.474. The maximum absolute atomic E-state index is 11.7. The Morgan fingerprint density at radius 2 is 1.84 bits per heavy atom. The zero-order valence-corrected chi connectivity index (χ0v) is 10.9. The molecule has 1 aromatic carbocycles. The SMILES string of the molecule is CCOC(=O)OC(=O)c1cc(C)cc(OC(C)=O)c1. The molecule has 0 amide bonds. The van der Waals surface area contributed by atoms with Crippen molar-refractivity contribution >= 4 is 18.1 Å². The van der Waals surface area contributed by atoms with E-state index in [0.29, 0.717) is 5.56 Å². The predicted octanol–water partition coefficient (Wildman–Crippen LogP) is 2.23. The van der Waals surface area contributed by atoms with Gasteiger partial charge >= 0.3 is 18.1 Å². The summed E-state index contributed by atoms with van der Waals surface area (Å²) >= 11 is 0. The smallest absolute Gasteiger partial charge is 0.434 e. The summed E-state index contributed by atoms with van der Waals surface area (Å²) in [5, 5.41) is 0. The first-order valence-corrected chi connectivity index (χ1v) is 5.61. The van der Waals surface area contributed by atoms with Crippen molar-refractivity contribution in [3.8, 4) is 5.75 Å². The number of hydrogen-bond donors (Lipinski definition) is 0. The van der Waals surface area contributed by atoms with Crippen molar-refractivity contribution < 1.29 is 28.6 Å². The lowest BCUT2D eigenvalue weighted by molar-refractivity contribution is -0.131. The molecular formula is C13H14O6. The summed E-state index contributed by atoms with van der Waals surface area (Å²) < 4.78 is 13.8. The fourth-order valence-corrected chi connectivity index (χ4v) is 1.37. The molecule has 1 aromatic rings. The second kappa shape index (κ2) is 6.53. The molecule has 102 valence electrons. The number of carbonyl (C=O) groups is 3. The molecule has 0 aliphatic rings. The highest BCUT2D eigenvalue weighted by Gasteiger charge is 2.15. The molecule has 0 atom stereocenters. The van der Waals surface area contributed by atoms with Gasteiger partial charge in [-0.15, -0.1) is 0 Å². The number of hydrogen-bond acceptors (Lipinski definition) is 6. The summed E-state index contributed by atoms with van der Waals surface area (Å²) in [5.41, 5.74) is 0.791. The van der Waals surface area contributed by atoms with Crippen LogP contribution in [0.15, 0.2) is 18.2 Å². The summed E-state index contributed by atoms with van der Waals surface area (Å²) in [6.07, 6.45) is -1.07. The van der Waals surface area contributed by atoms with E-state index in [1.54, 1.807) is 19.9 Å². The molecule has 0 spiro atoms. The van der Waals surface area contributed by atoms with Crippen LogP contribution >= 0.6 is 0 Å². The van der Waals surface area contributed by atoms with Gasteiger partial charge in [-0.1, -0.05) is 0 Å². The van der Waals surface area contributed by atoms with Crippen LogP contribution in [0.5, 0.6) is 5.75 Å². The van der Waals surface area contributed by atoms with Gasteiger partial charge in [0.2, 0.25) is 0 Å². The van der Waals surface area contributed by atoms with Gasteiger partial charge in [0.25, 0.3) is 0 Å². The van der Waals surface area contributed by atoms with Gasteiger partial charge in [-0.3, -0.25) is 4.79 Å². The van der Waals surface area contributed by atoms with Gasteiger partial charge in [-0.2, -0.15) is 0 Å². The van der Waals surface area contributed by atoms with Crippen molar-refractivity contribution in [1.29, 1.82) is 0 Å². The monoisotopic (exact) mass is 266 g/mol. The van der Waals surface area contributed by atoms with Crippen LogP contribution in [0.25, 0.3) is 0 Å². The molecule has 19 heavy (non-hydrogen) atoms. The maximum atomic E-state index is 11.7. The van der Waals surface area contributed by atoms with Crippen LogP contribution in [0.3, 0.4) is 0 Å². The fourth-order valence-electron chi connectivity index (χ4n) is 1.37. The van der Waals surface area contributed by atoms with Crippen LogP contribution in [-0.2, 0) is 14.3 Å². The number of aryl methyl sites for hydroxylation is 1. The molecule has 0 N–H and O–H groups in total. The molecule has 0 radical (unpaired) electrons. The van der Waals surface area contributed by atoms with E-state index in [1.807, 2.05) is 0 Å². The van der Waals surface area contributed by atoms with E-state index in [4.69, 9.17) is 4.74 Å². The van der Waals surface area contributed by atoms with E-state index in [0.717, 1.165) is 0 Å². The Kier molecular flexibility index (Phi) is 5.05. The summed E-state index contributed by atoms with van der Waals surface area (Å²) in [5.74, 6) is -1.16. The van der Waals surface area contributed by atoms with Crippen LogP contribution < -0.4 is 4.74 Å². The fraction of sp³-hybridized carbons (Fsp3) is 0.308. The van der Waals surface area contributed by atoms with Crippen LogP contribution in [0, 0.1) is 6.92 Å². The molecule has 0 saturated carbocycles. The Morgan fingerprint density at radius 3 is 2.42 bits per heavy atom. The van der Waals surface area contributed by atoms with Crippen LogP contribution in [0.1, 0.15) is 29.8 Å². The predicted molar refractivity (Wildman–Crippen MR) is 64.9 cm³/mol. The molecule has 0 fully saturated rings. The Labute approximate surface area is 110 Å². The first kappa shape index (κ1) is 14.7. The number of benzene rings is 1. The van der Waals surface area contributed by atoms with Crippen molar-refractivity contribution in [3.05, 3.63) is 29.3 Å². The lowest BCUT2D eigenvalue weighted by atomic mass is 10.1. The summed E-state index contributed by atoms with van der Waals surface area (Å²) in [4.78, 5) is 33.5. The minimum Gasteiger partial charge on any atom is -0.434 e. The lowest BCUT2D eigenvalue weighted by Crippen LogP contribution is -2.14. The third-order valence-corrected chi connectivity index (χ3v) is 1.99.